The number of benzene rings is 2. The Bertz CT molecular complexity index is 1080. The maximum atomic E-state index is 13.6. The van der Waals surface area contributed by atoms with Crippen LogP contribution in [0.2, 0.25) is 0 Å². The van der Waals surface area contributed by atoms with Crippen LogP contribution >= 0.6 is 11.3 Å². The van der Waals surface area contributed by atoms with E-state index in [2.05, 4.69) is 11.8 Å². The maximum absolute atomic E-state index is 13.6. The number of carbonyl (C=O) groups is 1. The number of aryl methyl sites for hydroxylation is 1. The number of aromatic nitrogens is 1. The minimum Gasteiger partial charge on any atom is -0.494 e. The number of anilines is 1. The summed E-state index contributed by atoms with van der Waals surface area (Å²) in [6, 6.07) is 11.3. The Hall–Kier alpha value is -2.68. The number of hydrogen-bond donors (Lipinski definition) is 0. The molecular formula is C25H31N3O4S. The van der Waals surface area contributed by atoms with Gasteiger partial charge in [-0.15, -0.1) is 0 Å². The van der Waals surface area contributed by atoms with Crippen LogP contribution in [-0.4, -0.2) is 68.9 Å². The second kappa shape index (κ2) is 11.0. The zero-order valence-electron chi connectivity index (χ0n) is 19.5. The number of methoxy groups -OCH3 is 1. The van der Waals surface area contributed by atoms with Gasteiger partial charge in [0.15, 0.2) is 5.13 Å². The summed E-state index contributed by atoms with van der Waals surface area (Å²) in [6.45, 7) is 9.51. The molecule has 0 spiro atoms. The molecule has 0 atom stereocenters. The number of ether oxygens (including phenoxy) is 3. The lowest BCUT2D eigenvalue weighted by Crippen LogP contribution is -2.39. The van der Waals surface area contributed by atoms with E-state index in [0.29, 0.717) is 23.8 Å². The van der Waals surface area contributed by atoms with Crippen LogP contribution in [0.4, 0.5) is 5.13 Å². The van der Waals surface area contributed by atoms with Gasteiger partial charge in [0.1, 0.15) is 17.0 Å². The summed E-state index contributed by atoms with van der Waals surface area (Å²) in [5.74, 6) is 1.42. The molecule has 1 saturated heterocycles. The molecule has 2 heterocycles. The standard InChI is InChI=1S/C25H31N3O4S/c1-4-32-20-9-7-19(8-10-20)24(29)28(13-5-12-27-14-16-31-17-15-27)25-26-22-21(30-3)11-6-18(2)23(22)33-25/h6-11H,4-5,12-17H2,1-3H3. The second-order valence-electron chi connectivity index (χ2n) is 7.98. The van der Waals surface area contributed by atoms with Crippen molar-refractivity contribution in [3.63, 3.8) is 0 Å². The predicted octanol–water partition coefficient (Wildman–Crippen LogP) is 4.38. The van der Waals surface area contributed by atoms with Crippen LogP contribution < -0.4 is 14.4 Å². The van der Waals surface area contributed by atoms with Crippen molar-refractivity contribution in [2.24, 2.45) is 0 Å². The van der Waals surface area contributed by atoms with Crippen molar-refractivity contribution in [3.8, 4) is 11.5 Å². The van der Waals surface area contributed by atoms with Crippen molar-refractivity contribution < 1.29 is 19.0 Å². The number of rotatable bonds is 9. The number of carbonyl (C=O) groups excluding carboxylic acids is 1. The molecule has 0 saturated carbocycles. The molecule has 1 aromatic heterocycles. The van der Waals surface area contributed by atoms with Gasteiger partial charge in [-0.1, -0.05) is 17.4 Å². The number of nitrogens with zero attached hydrogens (tertiary/aromatic N) is 3. The third kappa shape index (κ3) is 5.46. The topological polar surface area (TPSA) is 64.1 Å². The van der Waals surface area contributed by atoms with Gasteiger partial charge in [-0.2, -0.15) is 0 Å². The van der Waals surface area contributed by atoms with Gasteiger partial charge >= 0.3 is 0 Å². The Morgan fingerprint density at radius 2 is 1.94 bits per heavy atom. The fraction of sp³-hybridized carbons (Fsp3) is 0.440. The molecule has 2 aromatic carbocycles. The molecule has 0 aliphatic carbocycles. The van der Waals surface area contributed by atoms with Crippen LogP contribution in [0.15, 0.2) is 36.4 Å². The molecule has 8 heteroatoms. The lowest BCUT2D eigenvalue weighted by molar-refractivity contribution is 0.0376. The van der Waals surface area contributed by atoms with Crippen LogP contribution in [0.1, 0.15) is 29.3 Å². The minimum absolute atomic E-state index is 0.0595. The summed E-state index contributed by atoms with van der Waals surface area (Å²) in [6.07, 6.45) is 0.856. The van der Waals surface area contributed by atoms with E-state index in [1.54, 1.807) is 12.0 Å². The van der Waals surface area contributed by atoms with Crippen molar-refractivity contribution >= 4 is 32.6 Å². The van der Waals surface area contributed by atoms with Crippen molar-refractivity contribution in [2.45, 2.75) is 20.3 Å². The van der Waals surface area contributed by atoms with Gasteiger partial charge in [0, 0.05) is 31.7 Å². The largest absolute Gasteiger partial charge is 0.494 e. The van der Waals surface area contributed by atoms with Gasteiger partial charge in [0.05, 0.1) is 31.6 Å². The summed E-state index contributed by atoms with van der Waals surface area (Å²) in [7, 11) is 1.65. The van der Waals surface area contributed by atoms with Gasteiger partial charge in [-0.3, -0.25) is 14.6 Å². The molecule has 1 amide bonds. The molecule has 7 nitrogen and oxygen atoms in total. The zero-order chi connectivity index (χ0) is 23.2. The SMILES string of the molecule is CCOc1ccc(C(=O)N(CCCN2CCOCC2)c2nc3c(OC)ccc(C)c3s2)cc1. The van der Waals surface area contributed by atoms with Crippen molar-refractivity contribution in [1.29, 1.82) is 0 Å². The molecule has 0 unspecified atom stereocenters. The molecule has 176 valence electrons. The van der Waals surface area contributed by atoms with E-state index in [4.69, 9.17) is 19.2 Å². The lowest BCUT2D eigenvalue weighted by atomic mass is 10.2. The molecule has 1 fully saturated rings. The number of thiazole rings is 1. The Balaban J connectivity index is 1.61. The van der Waals surface area contributed by atoms with E-state index in [0.717, 1.165) is 66.5 Å². The summed E-state index contributed by atoms with van der Waals surface area (Å²) in [4.78, 5) is 22.6. The fourth-order valence-electron chi connectivity index (χ4n) is 3.96. The third-order valence-electron chi connectivity index (χ3n) is 5.76. The highest BCUT2D eigenvalue weighted by Crippen LogP contribution is 2.37. The van der Waals surface area contributed by atoms with Gasteiger partial charge in [-0.25, -0.2) is 4.98 Å². The Morgan fingerprint density at radius 3 is 2.64 bits per heavy atom. The monoisotopic (exact) mass is 469 g/mol. The van der Waals surface area contributed by atoms with Gasteiger partial charge in [0.2, 0.25) is 0 Å². The van der Waals surface area contributed by atoms with E-state index in [9.17, 15) is 4.79 Å². The summed E-state index contributed by atoms with van der Waals surface area (Å²) >= 11 is 1.54. The van der Waals surface area contributed by atoms with Crippen LogP contribution in [0, 0.1) is 6.92 Å². The molecular weight excluding hydrogens is 438 g/mol. The van der Waals surface area contributed by atoms with E-state index in [1.807, 2.05) is 43.3 Å². The molecule has 3 aromatic rings. The van der Waals surface area contributed by atoms with Crippen molar-refractivity contribution in [1.82, 2.24) is 9.88 Å². The Kier molecular flexibility index (Phi) is 7.80. The molecule has 1 aliphatic heterocycles. The van der Waals surface area contributed by atoms with Crippen molar-refractivity contribution in [3.05, 3.63) is 47.5 Å². The molecule has 1 aliphatic rings. The Morgan fingerprint density at radius 1 is 1.18 bits per heavy atom. The average Bonchev–Trinajstić information content (AvgIpc) is 3.29. The smallest absolute Gasteiger partial charge is 0.260 e. The van der Waals surface area contributed by atoms with E-state index in [1.165, 1.54) is 11.3 Å². The highest BCUT2D eigenvalue weighted by atomic mass is 32.1. The fourth-order valence-corrected chi connectivity index (χ4v) is 5.03. The highest BCUT2D eigenvalue weighted by molar-refractivity contribution is 7.22. The van der Waals surface area contributed by atoms with Crippen LogP contribution in [0.3, 0.4) is 0 Å². The molecule has 4 rings (SSSR count). The third-order valence-corrected chi connectivity index (χ3v) is 6.97. The number of hydrogen-bond acceptors (Lipinski definition) is 7. The predicted molar refractivity (Wildman–Crippen MR) is 132 cm³/mol. The number of morpholine rings is 1. The molecule has 0 radical (unpaired) electrons. The van der Waals surface area contributed by atoms with Crippen molar-refractivity contribution in [2.75, 3.05) is 58.0 Å². The maximum Gasteiger partial charge on any atom is 0.260 e. The van der Waals surface area contributed by atoms with E-state index < -0.39 is 0 Å². The summed E-state index contributed by atoms with van der Waals surface area (Å²) in [5.41, 5.74) is 2.54. The van der Waals surface area contributed by atoms with Gasteiger partial charge < -0.3 is 14.2 Å². The quantitative estimate of drug-likeness (QED) is 0.463. The minimum atomic E-state index is -0.0595. The lowest BCUT2D eigenvalue weighted by Gasteiger charge is -2.27. The number of fused-ring (bicyclic) bond motifs is 1. The van der Waals surface area contributed by atoms with Gasteiger partial charge in [0.25, 0.3) is 5.91 Å². The molecule has 33 heavy (non-hydrogen) atoms. The van der Waals surface area contributed by atoms with Crippen LogP contribution in [0.5, 0.6) is 11.5 Å². The van der Waals surface area contributed by atoms with Crippen LogP contribution in [0.25, 0.3) is 10.2 Å². The number of amides is 1. The molecule has 0 N–H and O–H groups in total. The Labute approximate surface area is 198 Å². The summed E-state index contributed by atoms with van der Waals surface area (Å²) < 4.78 is 17.6. The summed E-state index contributed by atoms with van der Waals surface area (Å²) in [5, 5.41) is 0.693. The van der Waals surface area contributed by atoms with E-state index in [-0.39, 0.29) is 5.91 Å². The first-order chi connectivity index (χ1) is 16.1. The first kappa shape index (κ1) is 23.5. The van der Waals surface area contributed by atoms with E-state index >= 15 is 0 Å². The highest BCUT2D eigenvalue weighted by Gasteiger charge is 2.23. The second-order valence-corrected chi connectivity index (χ2v) is 8.96. The zero-order valence-corrected chi connectivity index (χ0v) is 20.3. The average molecular weight is 470 g/mol. The first-order valence-electron chi connectivity index (χ1n) is 11.4. The first-order valence-corrected chi connectivity index (χ1v) is 12.2. The van der Waals surface area contributed by atoms with Crippen LogP contribution in [-0.2, 0) is 4.74 Å². The normalized spacial score (nSPS) is 14.4. The van der Waals surface area contributed by atoms with Gasteiger partial charge in [-0.05, 0) is 56.2 Å². The molecule has 0 bridgehead atoms.